The molecule has 0 aromatic carbocycles. The summed E-state index contributed by atoms with van der Waals surface area (Å²) in [6.45, 7) is 1.64. The molecule has 4 bridgehead atoms. The van der Waals surface area contributed by atoms with E-state index in [-0.39, 0.29) is 23.6 Å². The number of likely N-dealkylation sites (tertiary alicyclic amines) is 1. The predicted octanol–water partition coefficient (Wildman–Crippen LogP) is 1.08. The van der Waals surface area contributed by atoms with Crippen molar-refractivity contribution >= 4 is 5.91 Å². The Morgan fingerprint density at radius 1 is 1.43 bits per heavy atom. The van der Waals surface area contributed by atoms with Gasteiger partial charge in [0, 0.05) is 30.9 Å². The second-order valence-corrected chi connectivity index (χ2v) is 7.35. The van der Waals surface area contributed by atoms with Crippen LogP contribution in [0.15, 0.2) is 12.4 Å². The number of hydrogen-bond acceptors (Lipinski definition) is 5. The fourth-order valence-corrected chi connectivity index (χ4v) is 4.99. The van der Waals surface area contributed by atoms with E-state index in [0.29, 0.717) is 23.8 Å². The monoisotopic (exact) mass is 310 g/mol. The first kappa shape index (κ1) is 13.3. The van der Waals surface area contributed by atoms with Gasteiger partial charge >= 0.3 is 0 Å². The van der Waals surface area contributed by atoms with E-state index in [1.807, 2.05) is 4.90 Å². The Labute approximate surface area is 134 Å². The van der Waals surface area contributed by atoms with Crippen LogP contribution in [0, 0.1) is 17.2 Å². The SMILES string of the molecule is CN1CC2CC1(C(=O)N1C[C@@H]3C[C@H]1c1cncc(C#N)c1O3)C2. The molecule has 3 saturated heterocycles. The molecule has 2 atom stereocenters. The smallest absolute Gasteiger partial charge is 0.243 e. The number of rotatable bonds is 1. The maximum atomic E-state index is 13.3. The van der Waals surface area contributed by atoms with E-state index in [9.17, 15) is 10.1 Å². The molecule has 1 saturated carbocycles. The normalized spacial score (nSPS) is 36.9. The van der Waals surface area contributed by atoms with Crippen molar-refractivity contribution in [2.45, 2.75) is 36.9 Å². The zero-order chi connectivity index (χ0) is 15.8. The molecule has 1 aromatic rings. The highest BCUT2D eigenvalue weighted by molar-refractivity contribution is 5.89. The molecule has 5 heterocycles. The number of aromatic nitrogens is 1. The number of hydrogen-bond donors (Lipinski definition) is 0. The van der Waals surface area contributed by atoms with Gasteiger partial charge in [-0.3, -0.25) is 14.7 Å². The van der Waals surface area contributed by atoms with Crippen molar-refractivity contribution in [3.63, 3.8) is 0 Å². The highest BCUT2D eigenvalue weighted by Crippen LogP contribution is 2.53. The van der Waals surface area contributed by atoms with Crippen LogP contribution < -0.4 is 4.74 Å². The van der Waals surface area contributed by atoms with Crippen LogP contribution in [0.3, 0.4) is 0 Å². The first-order chi connectivity index (χ1) is 11.1. The first-order valence-electron chi connectivity index (χ1n) is 8.19. The molecule has 6 heteroatoms. The van der Waals surface area contributed by atoms with Crippen molar-refractivity contribution in [1.82, 2.24) is 14.8 Å². The summed E-state index contributed by atoms with van der Waals surface area (Å²) in [6.07, 6.45) is 6.06. The van der Waals surface area contributed by atoms with E-state index in [1.165, 1.54) is 6.20 Å². The lowest BCUT2D eigenvalue weighted by atomic mass is 9.72. The van der Waals surface area contributed by atoms with Crippen molar-refractivity contribution in [2.75, 3.05) is 20.1 Å². The van der Waals surface area contributed by atoms with Crippen LogP contribution in [-0.2, 0) is 4.79 Å². The van der Waals surface area contributed by atoms with Gasteiger partial charge < -0.3 is 9.64 Å². The third kappa shape index (κ3) is 1.56. The Balaban J connectivity index is 1.52. The zero-order valence-corrected chi connectivity index (χ0v) is 13.0. The molecule has 4 fully saturated rings. The fraction of sp³-hybridized carbons (Fsp3) is 0.588. The van der Waals surface area contributed by atoms with Gasteiger partial charge in [0.25, 0.3) is 0 Å². The highest BCUT2D eigenvalue weighted by Gasteiger charge is 2.62. The Morgan fingerprint density at radius 2 is 2.26 bits per heavy atom. The van der Waals surface area contributed by atoms with Crippen molar-refractivity contribution < 1.29 is 9.53 Å². The van der Waals surface area contributed by atoms with Crippen molar-refractivity contribution in [2.24, 2.45) is 5.92 Å². The fourth-order valence-electron chi connectivity index (χ4n) is 4.99. The van der Waals surface area contributed by atoms with E-state index in [4.69, 9.17) is 4.74 Å². The average Bonchev–Trinajstić information content (AvgIpc) is 3.14. The van der Waals surface area contributed by atoms with E-state index in [0.717, 1.165) is 31.4 Å². The molecule has 1 amide bonds. The quantitative estimate of drug-likeness (QED) is 0.776. The second kappa shape index (κ2) is 4.24. The van der Waals surface area contributed by atoms with Crippen molar-refractivity contribution in [3.8, 4) is 11.8 Å². The molecule has 0 N–H and O–H groups in total. The van der Waals surface area contributed by atoms with Gasteiger partial charge in [0.05, 0.1) is 12.6 Å². The average molecular weight is 310 g/mol. The summed E-state index contributed by atoms with van der Waals surface area (Å²) in [6, 6.07) is 2.15. The van der Waals surface area contributed by atoms with E-state index >= 15 is 0 Å². The van der Waals surface area contributed by atoms with E-state index in [2.05, 4.69) is 23.0 Å². The van der Waals surface area contributed by atoms with E-state index in [1.54, 1.807) is 6.20 Å². The topological polar surface area (TPSA) is 69.5 Å². The Morgan fingerprint density at radius 3 is 2.96 bits per heavy atom. The third-order valence-corrected chi connectivity index (χ3v) is 6.13. The second-order valence-electron chi connectivity index (χ2n) is 7.35. The molecule has 0 spiro atoms. The van der Waals surface area contributed by atoms with Crippen molar-refractivity contribution in [1.29, 1.82) is 5.26 Å². The maximum absolute atomic E-state index is 13.3. The highest BCUT2D eigenvalue weighted by atomic mass is 16.5. The van der Waals surface area contributed by atoms with Gasteiger partial charge in [0.15, 0.2) is 0 Å². The van der Waals surface area contributed by atoms with Gasteiger partial charge in [0.1, 0.15) is 29.0 Å². The number of ether oxygens (including phenoxy) is 1. The van der Waals surface area contributed by atoms with Gasteiger partial charge in [-0.15, -0.1) is 0 Å². The summed E-state index contributed by atoms with van der Waals surface area (Å²) in [7, 11) is 2.06. The van der Waals surface area contributed by atoms with Gasteiger partial charge in [-0.1, -0.05) is 0 Å². The summed E-state index contributed by atoms with van der Waals surface area (Å²) < 4.78 is 5.99. The Bertz CT molecular complexity index is 749. The minimum Gasteiger partial charge on any atom is -0.487 e. The van der Waals surface area contributed by atoms with Crippen LogP contribution in [0.1, 0.15) is 36.4 Å². The first-order valence-corrected chi connectivity index (χ1v) is 8.19. The number of carbonyl (C=O) groups excluding carboxylic acids is 1. The summed E-state index contributed by atoms with van der Waals surface area (Å²) in [4.78, 5) is 21.6. The molecule has 118 valence electrons. The largest absolute Gasteiger partial charge is 0.487 e. The number of amides is 1. The third-order valence-electron chi connectivity index (χ3n) is 6.13. The summed E-state index contributed by atoms with van der Waals surface area (Å²) in [5.74, 6) is 1.55. The number of carbonyl (C=O) groups is 1. The molecule has 4 aliphatic heterocycles. The molecular formula is C17H18N4O2. The van der Waals surface area contributed by atoms with Crippen LogP contribution >= 0.6 is 0 Å². The predicted molar refractivity (Wildman–Crippen MR) is 80.5 cm³/mol. The maximum Gasteiger partial charge on any atom is 0.243 e. The van der Waals surface area contributed by atoms with E-state index < -0.39 is 0 Å². The number of nitrogens with zero attached hydrogens (tertiary/aromatic N) is 4. The number of nitriles is 1. The molecule has 0 unspecified atom stereocenters. The van der Waals surface area contributed by atoms with Crippen LogP contribution in [0.25, 0.3) is 0 Å². The summed E-state index contributed by atoms with van der Waals surface area (Å²) in [5.41, 5.74) is 1.06. The molecule has 0 radical (unpaired) electrons. The lowest BCUT2D eigenvalue weighted by Crippen LogP contribution is -2.57. The zero-order valence-electron chi connectivity index (χ0n) is 13.0. The van der Waals surface area contributed by atoms with Crippen LogP contribution in [0.4, 0.5) is 0 Å². The van der Waals surface area contributed by atoms with Crippen LogP contribution in [-0.4, -0.2) is 52.5 Å². The lowest BCUT2D eigenvalue weighted by molar-refractivity contribution is -0.146. The Kier molecular flexibility index (Phi) is 2.45. The van der Waals surface area contributed by atoms with Crippen LogP contribution in [0.2, 0.25) is 0 Å². The van der Waals surface area contributed by atoms with Crippen LogP contribution in [0.5, 0.6) is 5.75 Å². The molecule has 5 aliphatic rings. The minimum absolute atomic E-state index is 0.000486. The molecule has 1 aromatic heterocycles. The molecule has 1 aliphatic carbocycles. The van der Waals surface area contributed by atoms with Gasteiger partial charge in [-0.2, -0.15) is 5.26 Å². The van der Waals surface area contributed by atoms with Gasteiger partial charge in [-0.05, 0) is 25.8 Å². The lowest BCUT2D eigenvalue weighted by Gasteiger charge is -2.43. The summed E-state index contributed by atoms with van der Waals surface area (Å²) >= 11 is 0. The molecular weight excluding hydrogens is 292 g/mol. The van der Waals surface area contributed by atoms with Gasteiger partial charge in [0.2, 0.25) is 5.91 Å². The molecule has 6 nitrogen and oxygen atoms in total. The number of fused-ring (bicyclic) bond motifs is 5. The minimum atomic E-state index is -0.289. The molecule has 6 rings (SSSR count). The Hall–Kier alpha value is -2.13. The number of pyridine rings is 1. The van der Waals surface area contributed by atoms with Crippen molar-refractivity contribution in [3.05, 3.63) is 23.5 Å². The summed E-state index contributed by atoms with van der Waals surface area (Å²) in [5, 5.41) is 9.26. The van der Waals surface area contributed by atoms with Gasteiger partial charge in [-0.25, -0.2) is 0 Å². The standard InChI is InChI=1S/C17H18N4O2/c1-20-8-10-3-17(20,4-10)16(22)21-9-12-2-14(21)13-7-19-6-11(5-18)15(13)23-12/h6-7,10,12,14H,2-4,8-9H2,1H3/t10?,12-,14-,17?/m0/s1. The number of likely N-dealkylation sites (N-methyl/N-ethyl adjacent to an activating group) is 1. The molecule has 23 heavy (non-hydrogen) atoms.